The summed E-state index contributed by atoms with van der Waals surface area (Å²) in [6.07, 6.45) is 5.34. The molecule has 3 rings (SSSR count). The normalized spacial score (nSPS) is 20.4. The highest BCUT2D eigenvalue weighted by Crippen LogP contribution is 2.39. The molecule has 0 aliphatic heterocycles. The third-order valence-corrected chi connectivity index (χ3v) is 3.20. The average molecular weight is 272 g/mol. The highest BCUT2D eigenvalue weighted by molar-refractivity contribution is 5.98. The van der Waals surface area contributed by atoms with E-state index >= 15 is 0 Å². The van der Waals surface area contributed by atoms with Gasteiger partial charge in [-0.3, -0.25) is 9.59 Å². The van der Waals surface area contributed by atoms with E-state index in [9.17, 15) is 9.59 Å². The number of carbonyl (C=O) groups is 2. The maximum Gasteiger partial charge on any atom is 0.307 e. The number of aromatic nitrogens is 3. The van der Waals surface area contributed by atoms with Gasteiger partial charge in [0.2, 0.25) is 5.91 Å². The highest BCUT2D eigenvalue weighted by Gasteiger charge is 2.48. The summed E-state index contributed by atoms with van der Waals surface area (Å²) in [5.74, 6) is -1.53. The summed E-state index contributed by atoms with van der Waals surface area (Å²) in [4.78, 5) is 26.7. The Morgan fingerprint density at radius 1 is 1.35 bits per heavy atom. The predicted molar refractivity (Wildman–Crippen MR) is 69.2 cm³/mol. The Labute approximate surface area is 114 Å². The van der Waals surface area contributed by atoms with E-state index in [4.69, 9.17) is 5.11 Å². The van der Waals surface area contributed by atoms with Gasteiger partial charge in [0, 0.05) is 12.4 Å². The minimum atomic E-state index is -0.919. The number of rotatable bonds is 4. The van der Waals surface area contributed by atoms with E-state index < -0.39 is 17.8 Å². The van der Waals surface area contributed by atoms with Gasteiger partial charge >= 0.3 is 5.97 Å². The molecule has 0 saturated heterocycles. The minimum absolute atomic E-state index is 0.272. The fourth-order valence-electron chi connectivity index (χ4n) is 1.99. The molecule has 1 fully saturated rings. The van der Waals surface area contributed by atoms with Gasteiger partial charge in [-0.2, -0.15) is 5.10 Å². The highest BCUT2D eigenvalue weighted by atomic mass is 16.4. The average Bonchev–Trinajstić information content (AvgIpc) is 3.07. The van der Waals surface area contributed by atoms with Crippen LogP contribution in [-0.2, 0) is 9.59 Å². The number of hydrogen-bond acceptors (Lipinski definition) is 4. The molecule has 102 valence electrons. The Balaban J connectivity index is 1.64. The number of carbonyl (C=O) groups excluding carboxylic acids is 1. The molecule has 2 atom stereocenters. The van der Waals surface area contributed by atoms with Crippen molar-refractivity contribution in [1.29, 1.82) is 0 Å². The summed E-state index contributed by atoms with van der Waals surface area (Å²) in [6, 6.07) is 5.22. The Bertz CT molecular complexity index is 636. The van der Waals surface area contributed by atoms with Crippen LogP contribution in [0.15, 0.2) is 36.8 Å². The number of amides is 1. The van der Waals surface area contributed by atoms with Crippen LogP contribution < -0.4 is 5.32 Å². The van der Waals surface area contributed by atoms with Gasteiger partial charge in [0.15, 0.2) is 5.82 Å². The summed E-state index contributed by atoms with van der Waals surface area (Å²) in [5.41, 5.74) is 0.543. The molecule has 1 amide bonds. The van der Waals surface area contributed by atoms with Gasteiger partial charge in [0.05, 0.1) is 23.7 Å². The van der Waals surface area contributed by atoms with Gasteiger partial charge in [0.25, 0.3) is 0 Å². The van der Waals surface area contributed by atoms with Gasteiger partial charge in [-0.05, 0) is 24.6 Å². The Morgan fingerprint density at radius 2 is 2.20 bits per heavy atom. The Morgan fingerprint density at radius 3 is 2.75 bits per heavy atom. The smallest absolute Gasteiger partial charge is 0.307 e. The van der Waals surface area contributed by atoms with Gasteiger partial charge < -0.3 is 10.4 Å². The van der Waals surface area contributed by atoms with Crippen LogP contribution in [0.5, 0.6) is 0 Å². The van der Waals surface area contributed by atoms with Crippen LogP contribution in [0.3, 0.4) is 0 Å². The minimum Gasteiger partial charge on any atom is -0.481 e. The second kappa shape index (κ2) is 4.76. The number of nitrogens with one attached hydrogen (secondary N) is 1. The molecule has 0 spiro atoms. The van der Waals surface area contributed by atoms with Crippen LogP contribution in [0.2, 0.25) is 0 Å². The van der Waals surface area contributed by atoms with Crippen molar-refractivity contribution < 1.29 is 14.7 Å². The summed E-state index contributed by atoms with van der Waals surface area (Å²) in [6.45, 7) is 0. The number of hydrogen-bond donors (Lipinski definition) is 2. The van der Waals surface area contributed by atoms with Crippen molar-refractivity contribution in [2.75, 3.05) is 5.32 Å². The van der Waals surface area contributed by atoms with E-state index in [2.05, 4.69) is 15.4 Å². The topological polar surface area (TPSA) is 97.1 Å². The molecular formula is C13H12N4O3. The van der Waals surface area contributed by atoms with Crippen LogP contribution >= 0.6 is 0 Å². The number of carboxylic acids is 1. The second-order valence-corrected chi connectivity index (χ2v) is 4.63. The maximum absolute atomic E-state index is 11.8. The molecule has 1 aliphatic carbocycles. The molecule has 2 unspecified atom stereocenters. The standard InChI is InChI=1S/C13H12N4O3/c18-12(9-6-10(9)13(19)20)16-8-2-3-11(14-7-8)17-5-1-4-15-17/h1-5,7,9-10H,6H2,(H,16,18)(H,19,20). The van der Waals surface area contributed by atoms with Crippen molar-refractivity contribution in [2.24, 2.45) is 11.8 Å². The molecule has 2 aromatic heterocycles. The van der Waals surface area contributed by atoms with Crippen molar-refractivity contribution in [3.05, 3.63) is 36.8 Å². The number of anilines is 1. The fraction of sp³-hybridized carbons (Fsp3) is 0.231. The lowest BCUT2D eigenvalue weighted by molar-refractivity contribution is -0.139. The summed E-state index contributed by atoms with van der Waals surface area (Å²) in [5, 5.41) is 15.5. The summed E-state index contributed by atoms with van der Waals surface area (Å²) >= 11 is 0. The fourth-order valence-corrected chi connectivity index (χ4v) is 1.99. The first-order valence-corrected chi connectivity index (χ1v) is 6.15. The van der Waals surface area contributed by atoms with Crippen LogP contribution in [0.4, 0.5) is 5.69 Å². The number of pyridine rings is 1. The summed E-state index contributed by atoms with van der Waals surface area (Å²) < 4.78 is 1.60. The molecule has 20 heavy (non-hydrogen) atoms. The number of nitrogens with zero attached hydrogens (tertiary/aromatic N) is 3. The third kappa shape index (κ3) is 2.37. The first kappa shape index (κ1) is 12.3. The molecule has 0 radical (unpaired) electrons. The van der Waals surface area contributed by atoms with Crippen LogP contribution in [0, 0.1) is 11.8 Å². The molecule has 0 bridgehead atoms. The lowest BCUT2D eigenvalue weighted by atomic mass is 10.3. The lowest BCUT2D eigenvalue weighted by Gasteiger charge is -2.05. The van der Waals surface area contributed by atoms with Crippen molar-refractivity contribution in [2.45, 2.75) is 6.42 Å². The van der Waals surface area contributed by atoms with E-state index in [0.717, 1.165) is 0 Å². The molecule has 7 heteroatoms. The van der Waals surface area contributed by atoms with Crippen LogP contribution in [-0.4, -0.2) is 31.7 Å². The summed E-state index contributed by atoms with van der Waals surface area (Å²) in [7, 11) is 0. The zero-order chi connectivity index (χ0) is 14.1. The predicted octanol–water partition coefficient (Wildman–Crippen LogP) is 0.927. The Kier molecular flexibility index (Phi) is 2.94. The number of carboxylic acid groups (broad SMARTS) is 1. The van der Waals surface area contributed by atoms with Crippen LogP contribution in [0.1, 0.15) is 6.42 Å². The van der Waals surface area contributed by atoms with Gasteiger partial charge in [-0.25, -0.2) is 9.67 Å². The first-order chi connectivity index (χ1) is 9.65. The monoisotopic (exact) mass is 272 g/mol. The van der Waals surface area contributed by atoms with E-state index in [1.54, 1.807) is 35.3 Å². The van der Waals surface area contributed by atoms with Gasteiger partial charge in [-0.15, -0.1) is 0 Å². The molecule has 7 nitrogen and oxygen atoms in total. The molecule has 1 aliphatic rings. The van der Waals surface area contributed by atoms with Crippen molar-refractivity contribution in [3.63, 3.8) is 0 Å². The third-order valence-electron chi connectivity index (χ3n) is 3.20. The van der Waals surface area contributed by atoms with E-state index in [-0.39, 0.29) is 5.91 Å². The molecule has 1 saturated carbocycles. The first-order valence-electron chi connectivity index (χ1n) is 6.15. The molecule has 2 heterocycles. The quantitative estimate of drug-likeness (QED) is 0.862. The molecular weight excluding hydrogens is 260 g/mol. The zero-order valence-electron chi connectivity index (χ0n) is 10.4. The largest absolute Gasteiger partial charge is 0.481 e. The van der Waals surface area contributed by atoms with Crippen molar-refractivity contribution in [3.8, 4) is 5.82 Å². The van der Waals surface area contributed by atoms with Crippen molar-refractivity contribution >= 4 is 17.6 Å². The lowest BCUT2D eigenvalue weighted by Crippen LogP contribution is -2.17. The molecule has 2 N–H and O–H groups in total. The SMILES string of the molecule is O=C(O)C1CC1C(=O)Nc1ccc(-n2cccn2)nc1. The van der Waals surface area contributed by atoms with E-state index in [1.807, 2.05) is 0 Å². The second-order valence-electron chi connectivity index (χ2n) is 4.63. The molecule has 2 aromatic rings. The number of aliphatic carboxylic acids is 1. The Hall–Kier alpha value is -2.70. The van der Waals surface area contributed by atoms with Crippen molar-refractivity contribution in [1.82, 2.24) is 14.8 Å². The van der Waals surface area contributed by atoms with E-state index in [0.29, 0.717) is 17.9 Å². The maximum atomic E-state index is 11.8. The van der Waals surface area contributed by atoms with Gasteiger partial charge in [-0.1, -0.05) is 0 Å². The zero-order valence-corrected chi connectivity index (χ0v) is 10.4. The van der Waals surface area contributed by atoms with Gasteiger partial charge in [0.1, 0.15) is 0 Å². The molecule has 0 aromatic carbocycles. The van der Waals surface area contributed by atoms with Crippen LogP contribution in [0.25, 0.3) is 5.82 Å². The van der Waals surface area contributed by atoms with E-state index in [1.165, 1.54) is 6.20 Å².